The third kappa shape index (κ3) is 11.3. The van der Waals surface area contributed by atoms with Crippen molar-refractivity contribution in [3.8, 4) is 0 Å². The summed E-state index contributed by atoms with van der Waals surface area (Å²) in [7, 11) is 0. The molecule has 8 rings (SSSR count). The first-order chi connectivity index (χ1) is 29.5. The van der Waals surface area contributed by atoms with Crippen LogP contribution in [0.5, 0.6) is 0 Å². The largest absolute Gasteiger partial charge is 0.481 e. The molecule has 2 atom stereocenters. The van der Waals surface area contributed by atoms with Crippen LogP contribution < -0.4 is 11.1 Å². The van der Waals surface area contributed by atoms with E-state index in [0.717, 1.165) is 107 Å². The number of carbonyl (C=O) groups is 4. The van der Waals surface area contributed by atoms with Crippen LogP contribution in [0.2, 0.25) is 0 Å². The van der Waals surface area contributed by atoms with Crippen LogP contribution in [-0.2, 0) is 41.4 Å². The van der Waals surface area contributed by atoms with Crippen LogP contribution in [0, 0.1) is 13.8 Å². The number of nitrogens with one attached hydrogen (secondary N) is 1. The van der Waals surface area contributed by atoms with E-state index in [4.69, 9.17) is 29.8 Å². The average molecular weight is 875 g/mol. The SMILES string of the molecule is CCOC(=O)c1sc(N)nc1C.CCOC(=O)c1sc(NC(=O)Cc2cccc3c2cnn3C2CCCCO2)nc1C.O=C(O)Cc1cccc2c1cnn2C1CCCCO1. The van der Waals surface area contributed by atoms with E-state index in [1.165, 1.54) is 0 Å². The van der Waals surface area contributed by atoms with Crippen molar-refractivity contribution in [1.82, 2.24) is 29.5 Å². The summed E-state index contributed by atoms with van der Waals surface area (Å²) in [5.74, 6) is -1.79. The Morgan fingerprint density at radius 1 is 0.770 bits per heavy atom. The Balaban J connectivity index is 0.000000171. The van der Waals surface area contributed by atoms with Crippen LogP contribution in [0.4, 0.5) is 10.3 Å². The summed E-state index contributed by atoms with van der Waals surface area (Å²) in [6.45, 7) is 9.14. The van der Waals surface area contributed by atoms with Crippen LogP contribution in [0.1, 0.15) is 107 Å². The summed E-state index contributed by atoms with van der Waals surface area (Å²) in [5, 5.41) is 23.3. The number of ether oxygens (including phenoxy) is 4. The summed E-state index contributed by atoms with van der Waals surface area (Å²) >= 11 is 2.28. The second-order valence-corrected chi connectivity index (χ2v) is 16.2. The van der Waals surface area contributed by atoms with Gasteiger partial charge in [0.05, 0.1) is 60.9 Å². The predicted molar refractivity (Wildman–Crippen MR) is 231 cm³/mol. The number of benzene rings is 2. The maximum atomic E-state index is 12.6. The predicted octanol–water partition coefficient (Wildman–Crippen LogP) is 7.43. The summed E-state index contributed by atoms with van der Waals surface area (Å²) in [6.07, 6.45) is 10.00. The van der Waals surface area contributed by atoms with Crippen molar-refractivity contribution in [2.24, 2.45) is 0 Å². The first-order valence-corrected chi connectivity index (χ1v) is 21.8. The van der Waals surface area contributed by atoms with Gasteiger partial charge in [-0.25, -0.2) is 28.9 Å². The molecule has 0 aliphatic carbocycles. The van der Waals surface area contributed by atoms with Gasteiger partial charge in [0.2, 0.25) is 5.91 Å². The molecule has 17 nitrogen and oxygen atoms in total. The lowest BCUT2D eigenvalue weighted by atomic mass is 10.1. The Morgan fingerprint density at radius 3 is 1.74 bits per heavy atom. The fraction of sp³-hybridized carbons (Fsp3) is 0.429. The molecule has 2 unspecified atom stereocenters. The van der Waals surface area contributed by atoms with Crippen molar-refractivity contribution in [2.45, 2.75) is 91.5 Å². The number of carboxylic acid groups (broad SMARTS) is 1. The number of esters is 2. The van der Waals surface area contributed by atoms with Gasteiger partial charge in [-0.05, 0) is 89.5 Å². The topological polar surface area (TPSA) is 225 Å². The van der Waals surface area contributed by atoms with Gasteiger partial charge < -0.3 is 35.1 Å². The molecule has 19 heteroatoms. The molecule has 324 valence electrons. The molecule has 6 heterocycles. The van der Waals surface area contributed by atoms with Gasteiger partial charge in [-0.15, -0.1) is 0 Å². The van der Waals surface area contributed by atoms with Gasteiger partial charge in [-0.2, -0.15) is 10.2 Å². The number of anilines is 2. The van der Waals surface area contributed by atoms with Crippen molar-refractivity contribution in [3.63, 3.8) is 0 Å². The minimum atomic E-state index is -0.825. The van der Waals surface area contributed by atoms with Crippen LogP contribution >= 0.6 is 22.7 Å². The molecule has 0 bridgehead atoms. The van der Waals surface area contributed by atoms with Crippen LogP contribution in [0.25, 0.3) is 21.8 Å². The van der Waals surface area contributed by atoms with Gasteiger partial charge in [-0.1, -0.05) is 46.9 Å². The van der Waals surface area contributed by atoms with E-state index in [1.807, 2.05) is 45.8 Å². The van der Waals surface area contributed by atoms with Gasteiger partial charge in [0.1, 0.15) is 9.75 Å². The first-order valence-electron chi connectivity index (χ1n) is 20.2. The molecule has 61 heavy (non-hydrogen) atoms. The zero-order valence-electron chi connectivity index (χ0n) is 34.5. The molecule has 0 saturated carbocycles. The molecule has 0 radical (unpaired) electrons. The van der Waals surface area contributed by atoms with Crippen molar-refractivity contribution in [3.05, 3.63) is 81.1 Å². The van der Waals surface area contributed by atoms with Crippen molar-refractivity contribution in [2.75, 3.05) is 37.5 Å². The smallest absolute Gasteiger partial charge is 0.350 e. The van der Waals surface area contributed by atoms with E-state index in [2.05, 4.69) is 25.5 Å². The zero-order chi connectivity index (χ0) is 43.5. The summed E-state index contributed by atoms with van der Waals surface area (Å²) in [6, 6.07) is 11.5. The number of nitrogens with two attached hydrogens (primary N) is 1. The standard InChI is InChI=1S/C21H24N4O4S.C14H16N2O3.C7H10N2O2S/c1-3-28-20(27)19-13(2)23-21(30-19)24-17(26)11-14-7-6-8-16-15(14)12-22-25(16)18-9-4-5-10-29-18;17-14(18)8-10-4-3-5-12-11(10)9-15-16(12)13-6-1-2-7-19-13;1-3-11-6(10)5-4(2)9-7(8)12-5/h6-8,12,18H,3-5,9-11H2,1-2H3,(H,23,24,26);3-5,9,13H,1-2,6-8H2,(H,17,18);3H2,1-2H3,(H2,8,9). The van der Waals surface area contributed by atoms with Gasteiger partial charge in [0.25, 0.3) is 0 Å². The van der Waals surface area contributed by atoms with Gasteiger partial charge in [0, 0.05) is 24.0 Å². The van der Waals surface area contributed by atoms with E-state index in [0.29, 0.717) is 44.6 Å². The molecular weight excluding hydrogens is 825 g/mol. The second kappa shape index (κ2) is 21.2. The maximum absolute atomic E-state index is 12.6. The van der Waals surface area contributed by atoms with Crippen LogP contribution in [0.3, 0.4) is 0 Å². The highest BCUT2D eigenvalue weighted by molar-refractivity contribution is 7.17. The molecular formula is C42H50N8O9S2. The third-order valence-electron chi connectivity index (χ3n) is 9.79. The molecule has 2 saturated heterocycles. The molecule has 0 spiro atoms. The monoisotopic (exact) mass is 874 g/mol. The van der Waals surface area contributed by atoms with Crippen LogP contribution in [0.15, 0.2) is 48.8 Å². The average Bonchev–Trinajstić information content (AvgIpc) is 4.04. The molecule has 2 fully saturated rings. The van der Waals surface area contributed by atoms with E-state index < -0.39 is 11.9 Å². The minimum absolute atomic E-state index is 0.0219. The third-order valence-corrected chi connectivity index (χ3v) is 11.8. The molecule has 2 aliphatic rings. The quantitative estimate of drug-likeness (QED) is 0.108. The minimum Gasteiger partial charge on any atom is -0.481 e. The fourth-order valence-electron chi connectivity index (χ4n) is 7.00. The number of hydrogen-bond donors (Lipinski definition) is 3. The Bertz CT molecular complexity index is 2460. The molecule has 4 N–H and O–H groups in total. The summed E-state index contributed by atoms with van der Waals surface area (Å²) < 4.78 is 25.2. The summed E-state index contributed by atoms with van der Waals surface area (Å²) in [4.78, 5) is 55.7. The number of hydrogen-bond acceptors (Lipinski definition) is 15. The lowest BCUT2D eigenvalue weighted by molar-refractivity contribution is -0.136. The van der Waals surface area contributed by atoms with Gasteiger partial charge in [0.15, 0.2) is 22.7 Å². The van der Waals surface area contributed by atoms with Crippen molar-refractivity contribution in [1.29, 1.82) is 0 Å². The Kier molecular flexibility index (Phi) is 15.5. The number of aryl methyl sites for hydroxylation is 2. The number of nitrogens with zero attached hydrogens (tertiary/aromatic N) is 6. The Hall–Kier alpha value is -5.76. The molecule has 6 aromatic rings. The number of aromatic nitrogens is 6. The Labute approximate surface area is 360 Å². The number of aliphatic carboxylic acids is 1. The van der Waals surface area contributed by atoms with E-state index in [9.17, 15) is 19.2 Å². The number of thiazole rings is 2. The maximum Gasteiger partial charge on any atom is 0.350 e. The number of rotatable bonds is 11. The zero-order valence-corrected chi connectivity index (χ0v) is 36.2. The highest BCUT2D eigenvalue weighted by atomic mass is 32.1. The van der Waals surface area contributed by atoms with Crippen molar-refractivity contribution < 1.29 is 43.2 Å². The molecule has 2 aliphatic heterocycles. The number of carboxylic acids is 1. The molecule has 2 aromatic carbocycles. The highest BCUT2D eigenvalue weighted by Crippen LogP contribution is 2.30. The lowest BCUT2D eigenvalue weighted by Crippen LogP contribution is -2.19. The van der Waals surface area contributed by atoms with Gasteiger partial charge >= 0.3 is 17.9 Å². The second-order valence-electron chi connectivity index (χ2n) is 14.2. The van der Waals surface area contributed by atoms with E-state index in [-0.39, 0.29) is 37.2 Å². The molecule has 4 aromatic heterocycles. The number of fused-ring (bicyclic) bond motifs is 2. The number of carbonyl (C=O) groups excluding carboxylic acids is 3. The highest BCUT2D eigenvalue weighted by Gasteiger charge is 2.22. The first kappa shape index (κ1) is 44.8. The van der Waals surface area contributed by atoms with Crippen LogP contribution in [-0.4, -0.2) is 84.9 Å². The van der Waals surface area contributed by atoms with Gasteiger partial charge in [-0.3, -0.25) is 9.59 Å². The van der Waals surface area contributed by atoms with Crippen molar-refractivity contribution >= 4 is 78.6 Å². The lowest BCUT2D eigenvalue weighted by Gasteiger charge is -2.23. The van der Waals surface area contributed by atoms with E-state index >= 15 is 0 Å². The number of amides is 1. The molecule has 1 amide bonds. The summed E-state index contributed by atoms with van der Waals surface area (Å²) in [5.41, 5.74) is 10.2. The normalized spacial score (nSPS) is 16.2. The Morgan fingerprint density at radius 2 is 1.28 bits per heavy atom. The van der Waals surface area contributed by atoms with E-state index in [1.54, 1.807) is 40.1 Å². The number of nitrogen functional groups attached to an aromatic ring is 1. The fourth-order valence-corrected chi connectivity index (χ4v) is 8.60.